The first-order valence-electron chi connectivity index (χ1n) is 5.51. The fraction of sp³-hybridized carbons (Fsp3) is 0.333. The molecule has 0 aliphatic heterocycles. The van der Waals surface area contributed by atoms with E-state index in [-0.39, 0.29) is 0 Å². The number of rotatable bonds is 4. The van der Waals surface area contributed by atoms with Crippen LogP contribution < -0.4 is 5.32 Å². The van der Waals surface area contributed by atoms with Gasteiger partial charge in [-0.05, 0) is 25.1 Å². The lowest BCUT2D eigenvalue weighted by Gasteiger charge is -2.01. The number of benzene rings is 1. The molecule has 0 atom stereocenters. The fourth-order valence-electron chi connectivity index (χ4n) is 1.48. The summed E-state index contributed by atoms with van der Waals surface area (Å²) in [5, 5.41) is 7.69. The van der Waals surface area contributed by atoms with Gasteiger partial charge in [0.05, 0.1) is 17.1 Å². The highest BCUT2D eigenvalue weighted by molar-refractivity contribution is 6.33. The molecule has 1 heterocycles. The highest BCUT2D eigenvalue weighted by Gasteiger charge is 2.12. The van der Waals surface area contributed by atoms with Gasteiger partial charge in [0.2, 0.25) is 0 Å². The molecule has 0 amide bonds. The van der Waals surface area contributed by atoms with Gasteiger partial charge in [-0.3, -0.25) is 0 Å². The molecular formula is C12H14ClN3O. The van der Waals surface area contributed by atoms with Crippen LogP contribution in [0.4, 0.5) is 0 Å². The first-order valence-corrected chi connectivity index (χ1v) is 5.89. The first kappa shape index (κ1) is 12.1. The molecule has 0 saturated carbocycles. The van der Waals surface area contributed by atoms with Crippen molar-refractivity contribution in [2.24, 2.45) is 0 Å². The Hall–Kier alpha value is -1.39. The van der Waals surface area contributed by atoms with E-state index in [9.17, 15) is 0 Å². The summed E-state index contributed by atoms with van der Waals surface area (Å²) in [6.45, 7) is 5.44. The molecule has 4 nitrogen and oxygen atoms in total. The van der Waals surface area contributed by atoms with Gasteiger partial charge in [-0.2, -0.15) is 4.98 Å². The minimum absolute atomic E-state index is 0.464. The molecule has 5 heteroatoms. The van der Waals surface area contributed by atoms with Crippen LogP contribution >= 0.6 is 11.6 Å². The molecule has 0 saturated heterocycles. The average molecular weight is 252 g/mol. The Morgan fingerprint density at radius 1 is 1.41 bits per heavy atom. The molecule has 2 rings (SSSR count). The smallest absolute Gasteiger partial charge is 0.259 e. The van der Waals surface area contributed by atoms with Crippen LogP contribution in [0.1, 0.15) is 18.3 Å². The molecule has 0 aliphatic rings. The van der Waals surface area contributed by atoms with Gasteiger partial charge in [0.25, 0.3) is 5.89 Å². The maximum Gasteiger partial charge on any atom is 0.259 e. The van der Waals surface area contributed by atoms with Crippen molar-refractivity contribution in [1.82, 2.24) is 15.5 Å². The molecule has 2 aromatic rings. The number of hydrogen-bond acceptors (Lipinski definition) is 4. The fourth-order valence-corrected chi connectivity index (χ4v) is 1.69. The molecular weight excluding hydrogens is 238 g/mol. The van der Waals surface area contributed by atoms with E-state index in [1.807, 2.05) is 32.0 Å². The maximum atomic E-state index is 6.20. The van der Waals surface area contributed by atoms with E-state index in [1.54, 1.807) is 0 Å². The van der Waals surface area contributed by atoms with Crippen molar-refractivity contribution >= 4 is 11.6 Å². The van der Waals surface area contributed by atoms with E-state index in [0.29, 0.717) is 23.3 Å². The highest BCUT2D eigenvalue weighted by Crippen LogP contribution is 2.28. The van der Waals surface area contributed by atoms with Gasteiger partial charge in [0, 0.05) is 0 Å². The Balaban J connectivity index is 2.27. The molecule has 90 valence electrons. The van der Waals surface area contributed by atoms with Crippen molar-refractivity contribution in [3.63, 3.8) is 0 Å². The summed E-state index contributed by atoms with van der Waals surface area (Å²) in [5.74, 6) is 1.10. The summed E-state index contributed by atoms with van der Waals surface area (Å²) < 4.78 is 5.20. The predicted octanol–water partition coefficient (Wildman–Crippen LogP) is 2.81. The third kappa shape index (κ3) is 2.65. The normalized spacial score (nSPS) is 10.8. The molecule has 0 spiro atoms. The summed E-state index contributed by atoms with van der Waals surface area (Å²) in [4.78, 5) is 4.30. The third-order valence-electron chi connectivity index (χ3n) is 2.42. The minimum Gasteiger partial charge on any atom is -0.334 e. The molecule has 0 unspecified atom stereocenters. The topological polar surface area (TPSA) is 51.0 Å². The van der Waals surface area contributed by atoms with Gasteiger partial charge in [-0.1, -0.05) is 35.8 Å². The molecule has 0 radical (unpaired) electrons. The zero-order chi connectivity index (χ0) is 12.3. The number of halogens is 1. The lowest BCUT2D eigenvalue weighted by Crippen LogP contribution is -2.12. The summed E-state index contributed by atoms with van der Waals surface area (Å²) in [6.07, 6.45) is 0. The SMILES string of the molecule is CCNCc1noc(-c2cccc(C)c2Cl)n1. The zero-order valence-electron chi connectivity index (χ0n) is 9.83. The summed E-state index contributed by atoms with van der Waals surface area (Å²) >= 11 is 6.20. The molecule has 1 aromatic heterocycles. The van der Waals surface area contributed by atoms with Gasteiger partial charge in [-0.25, -0.2) is 0 Å². The van der Waals surface area contributed by atoms with E-state index in [1.165, 1.54) is 0 Å². The number of nitrogens with zero attached hydrogens (tertiary/aromatic N) is 2. The predicted molar refractivity (Wildman–Crippen MR) is 66.9 cm³/mol. The molecule has 17 heavy (non-hydrogen) atoms. The Kier molecular flexibility index (Phi) is 3.76. The van der Waals surface area contributed by atoms with Crippen LogP contribution in [-0.2, 0) is 6.54 Å². The third-order valence-corrected chi connectivity index (χ3v) is 2.93. The second kappa shape index (κ2) is 5.29. The van der Waals surface area contributed by atoms with Crippen molar-refractivity contribution in [2.45, 2.75) is 20.4 Å². The molecule has 0 aliphatic carbocycles. The van der Waals surface area contributed by atoms with Gasteiger partial charge in [-0.15, -0.1) is 0 Å². The van der Waals surface area contributed by atoms with Crippen molar-refractivity contribution in [3.8, 4) is 11.5 Å². The Bertz CT molecular complexity index is 510. The van der Waals surface area contributed by atoms with Gasteiger partial charge < -0.3 is 9.84 Å². The van der Waals surface area contributed by atoms with Crippen molar-refractivity contribution in [3.05, 3.63) is 34.6 Å². The lowest BCUT2D eigenvalue weighted by molar-refractivity contribution is 0.420. The molecule has 0 bridgehead atoms. The second-order valence-electron chi connectivity index (χ2n) is 3.73. The van der Waals surface area contributed by atoms with Crippen LogP contribution in [0.2, 0.25) is 5.02 Å². The largest absolute Gasteiger partial charge is 0.334 e. The number of aryl methyl sites for hydroxylation is 1. The van der Waals surface area contributed by atoms with E-state index >= 15 is 0 Å². The summed E-state index contributed by atoms with van der Waals surface area (Å²) in [7, 11) is 0. The van der Waals surface area contributed by atoms with Crippen LogP contribution in [-0.4, -0.2) is 16.7 Å². The van der Waals surface area contributed by atoms with E-state index in [4.69, 9.17) is 16.1 Å². The summed E-state index contributed by atoms with van der Waals surface area (Å²) in [6, 6.07) is 5.74. The standard InChI is InChI=1S/C12H14ClN3O/c1-3-14-7-10-15-12(17-16-10)9-6-4-5-8(2)11(9)13/h4-6,14H,3,7H2,1-2H3. The number of nitrogens with one attached hydrogen (secondary N) is 1. The Morgan fingerprint density at radius 2 is 2.24 bits per heavy atom. The highest BCUT2D eigenvalue weighted by atomic mass is 35.5. The van der Waals surface area contributed by atoms with Crippen molar-refractivity contribution < 1.29 is 4.52 Å². The Labute approximate surface area is 105 Å². The van der Waals surface area contributed by atoms with Crippen LogP contribution in [0.25, 0.3) is 11.5 Å². The Morgan fingerprint density at radius 3 is 3.00 bits per heavy atom. The molecule has 1 N–H and O–H groups in total. The van der Waals surface area contributed by atoms with Crippen LogP contribution in [0, 0.1) is 6.92 Å². The first-order chi connectivity index (χ1) is 8.22. The van der Waals surface area contributed by atoms with Crippen LogP contribution in [0.3, 0.4) is 0 Å². The lowest BCUT2D eigenvalue weighted by atomic mass is 10.1. The number of aromatic nitrogens is 2. The van der Waals surface area contributed by atoms with Gasteiger partial charge in [0.1, 0.15) is 0 Å². The zero-order valence-corrected chi connectivity index (χ0v) is 10.6. The van der Waals surface area contributed by atoms with E-state index in [0.717, 1.165) is 17.7 Å². The van der Waals surface area contributed by atoms with Gasteiger partial charge >= 0.3 is 0 Å². The average Bonchev–Trinajstić information content (AvgIpc) is 2.78. The second-order valence-corrected chi connectivity index (χ2v) is 4.11. The summed E-state index contributed by atoms with van der Waals surface area (Å²) in [5.41, 5.74) is 1.78. The van der Waals surface area contributed by atoms with Crippen LogP contribution in [0.5, 0.6) is 0 Å². The van der Waals surface area contributed by atoms with Crippen molar-refractivity contribution in [2.75, 3.05) is 6.54 Å². The van der Waals surface area contributed by atoms with Crippen molar-refractivity contribution in [1.29, 1.82) is 0 Å². The quantitative estimate of drug-likeness (QED) is 0.908. The van der Waals surface area contributed by atoms with E-state index in [2.05, 4.69) is 15.5 Å². The monoisotopic (exact) mass is 251 g/mol. The van der Waals surface area contributed by atoms with Gasteiger partial charge in [0.15, 0.2) is 5.82 Å². The molecule has 1 aromatic carbocycles. The molecule has 0 fully saturated rings. The number of hydrogen-bond donors (Lipinski definition) is 1. The van der Waals surface area contributed by atoms with Crippen LogP contribution in [0.15, 0.2) is 22.7 Å². The minimum atomic E-state index is 0.464. The maximum absolute atomic E-state index is 6.20. The van der Waals surface area contributed by atoms with E-state index < -0.39 is 0 Å².